The van der Waals surface area contributed by atoms with Crippen molar-refractivity contribution in [1.82, 2.24) is 5.32 Å². The fourth-order valence-corrected chi connectivity index (χ4v) is 1.89. The summed E-state index contributed by atoms with van der Waals surface area (Å²) in [4.78, 5) is 11.6. The number of carbonyl (C=O) groups excluding carboxylic acids is 1. The average Bonchev–Trinajstić information content (AvgIpc) is 2.27. The zero-order chi connectivity index (χ0) is 11.1. The summed E-state index contributed by atoms with van der Waals surface area (Å²) in [5.41, 5.74) is 0. The number of carbonyl (C=O) groups is 1. The highest BCUT2D eigenvalue weighted by molar-refractivity contribution is 5.75. The van der Waals surface area contributed by atoms with E-state index in [1.807, 2.05) is 6.92 Å². The highest BCUT2D eigenvalue weighted by Gasteiger charge is 2.20. The predicted molar refractivity (Wildman–Crippen MR) is 60.7 cm³/mol. The molecule has 1 saturated carbocycles. The van der Waals surface area contributed by atoms with Gasteiger partial charge >= 0.3 is 5.97 Å². The summed E-state index contributed by atoms with van der Waals surface area (Å²) in [6, 6.07) is -0.160. The molecule has 88 valence electrons. The molecular formula is C12H23NO2. The van der Waals surface area contributed by atoms with Gasteiger partial charge in [0.05, 0.1) is 0 Å². The third kappa shape index (κ3) is 4.65. The van der Waals surface area contributed by atoms with E-state index >= 15 is 0 Å². The maximum absolute atomic E-state index is 11.6. The van der Waals surface area contributed by atoms with Gasteiger partial charge in [-0.1, -0.05) is 13.3 Å². The van der Waals surface area contributed by atoms with Gasteiger partial charge < -0.3 is 10.1 Å². The Hall–Kier alpha value is -0.570. The minimum Gasteiger partial charge on any atom is -0.461 e. The average molecular weight is 213 g/mol. The topological polar surface area (TPSA) is 38.3 Å². The van der Waals surface area contributed by atoms with Crippen LogP contribution in [0.3, 0.4) is 0 Å². The summed E-state index contributed by atoms with van der Waals surface area (Å²) in [5, 5.41) is 3.15. The Kier molecular flexibility index (Phi) is 5.69. The van der Waals surface area contributed by atoms with E-state index in [1.165, 1.54) is 19.3 Å². The third-order valence-electron chi connectivity index (χ3n) is 2.89. The van der Waals surface area contributed by atoms with Crippen molar-refractivity contribution in [2.45, 2.75) is 64.5 Å². The maximum Gasteiger partial charge on any atom is 0.323 e. The molecule has 0 aromatic carbocycles. The lowest BCUT2D eigenvalue weighted by Crippen LogP contribution is -2.38. The minimum atomic E-state index is -0.160. The highest BCUT2D eigenvalue weighted by Crippen LogP contribution is 2.20. The highest BCUT2D eigenvalue weighted by atomic mass is 16.5. The van der Waals surface area contributed by atoms with Crippen LogP contribution in [0.25, 0.3) is 0 Å². The number of rotatable bonds is 5. The lowest BCUT2D eigenvalue weighted by atomic mass is 9.98. The first-order chi connectivity index (χ1) is 7.24. The summed E-state index contributed by atoms with van der Waals surface area (Å²) in [5.74, 6) is -0.0876. The standard InChI is InChI=1S/C12H23NO2/c1-3-9-13-10(2)12(14)15-11-7-5-4-6-8-11/h10-11,13H,3-9H2,1-2H3/t10-/m0/s1. The van der Waals surface area contributed by atoms with E-state index in [2.05, 4.69) is 12.2 Å². The normalized spacial score (nSPS) is 19.9. The molecule has 0 amide bonds. The second-order valence-electron chi connectivity index (χ2n) is 4.37. The molecule has 0 bridgehead atoms. The van der Waals surface area contributed by atoms with Crippen molar-refractivity contribution in [2.24, 2.45) is 0 Å². The van der Waals surface area contributed by atoms with Crippen molar-refractivity contribution in [3.63, 3.8) is 0 Å². The molecule has 15 heavy (non-hydrogen) atoms. The molecule has 1 N–H and O–H groups in total. The first-order valence-electron chi connectivity index (χ1n) is 6.18. The zero-order valence-corrected chi connectivity index (χ0v) is 9.92. The first kappa shape index (κ1) is 12.5. The number of esters is 1. The Balaban J connectivity index is 2.20. The van der Waals surface area contributed by atoms with Crippen molar-refractivity contribution in [2.75, 3.05) is 6.54 Å². The van der Waals surface area contributed by atoms with Crippen LogP contribution in [0.1, 0.15) is 52.4 Å². The summed E-state index contributed by atoms with van der Waals surface area (Å²) >= 11 is 0. The summed E-state index contributed by atoms with van der Waals surface area (Å²) in [7, 11) is 0. The molecule has 1 atom stereocenters. The Labute approximate surface area is 92.6 Å². The SMILES string of the molecule is CCCN[C@@H](C)C(=O)OC1CCCCC1. The molecule has 1 fully saturated rings. The second kappa shape index (κ2) is 6.83. The van der Waals surface area contributed by atoms with Crippen LogP contribution >= 0.6 is 0 Å². The van der Waals surface area contributed by atoms with E-state index in [-0.39, 0.29) is 18.1 Å². The summed E-state index contributed by atoms with van der Waals surface area (Å²) in [6.07, 6.45) is 7.01. The van der Waals surface area contributed by atoms with Crippen LogP contribution in [-0.4, -0.2) is 24.7 Å². The lowest BCUT2D eigenvalue weighted by Gasteiger charge is -2.23. The van der Waals surface area contributed by atoms with Crippen molar-refractivity contribution < 1.29 is 9.53 Å². The molecule has 0 spiro atoms. The van der Waals surface area contributed by atoms with Gasteiger partial charge in [-0.3, -0.25) is 4.79 Å². The van der Waals surface area contributed by atoms with Crippen LogP contribution < -0.4 is 5.32 Å². The maximum atomic E-state index is 11.6. The van der Waals surface area contributed by atoms with Crippen LogP contribution in [0, 0.1) is 0 Å². The molecule has 0 aromatic rings. The van der Waals surface area contributed by atoms with E-state index in [0.717, 1.165) is 25.8 Å². The van der Waals surface area contributed by atoms with Gasteiger partial charge in [0.1, 0.15) is 12.1 Å². The summed E-state index contributed by atoms with van der Waals surface area (Å²) in [6.45, 7) is 4.84. The van der Waals surface area contributed by atoms with Gasteiger partial charge in [0.15, 0.2) is 0 Å². The molecule has 0 radical (unpaired) electrons. The second-order valence-corrected chi connectivity index (χ2v) is 4.37. The Bertz CT molecular complexity index is 188. The first-order valence-corrected chi connectivity index (χ1v) is 6.18. The molecule has 1 rings (SSSR count). The Morgan fingerprint density at radius 2 is 2.07 bits per heavy atom. The van der Waals surface area contributed by atoms with Gasteiger partial charge in [0, 0.05) is 0 Å². The molecule has 0 heterocycles. The van der Waals surface area contributed by atoms with Crippen LogP contribution in [0.4, 0.5) is 0 Å². The van der Waals surface area contributed by atoms with E-state index in [1.54, 1.807) is 0 Å². The lowest BCUT2D eigenvalue weighted by molar-refractivity contribution is -0.152. The van der Waals surface area contributed by atoms with Gasteiger partial charge in [0.2, 0.25) is 0 Å². The van der Waals surface area contributed by atoms with Gasteiger partial charge in [0.25, 0.3) is 0 Å². The van der Waals surface area contributed by atoms with E-state index in [9.17, 15) is 4.79 Å². The zero-order valence-electron chi connectivity index (χ0n) is 9.92. The van der Waals surface area contributed by atoms with Crippen molar-refractivity contribution in [1.29, 1.82) is 0 Å². The Morgan fingerprint density at radius 1 is 1.40 bits per heavy atom. The van der Waals surface area contributed by atoms with Crippen LogP contribution in [0.5, 0.6) is 0 Å². The monoisotopic (exact) mass is 213 g/mol. The van der Waals surface area contributed by atoms with Gasteiger partial charge in [-0.05, 0) is 45.6 Å². The molecule has 3 nitrogen and oxygen atoms in total. The third-order valence-corrected chi connectivity index (χ3v) is 2.89. The van der Waals surface area contributed by atoms with E-state index in [4.69, 9.17) is 4.74 Å². The largest absolute Gasteiger partial charge is 0.461 e. The number of hydrogen-bond donors (Lipinski definition) is 1. The number of ether oxygens (including phenoxy) is 1. The minimum absolute atomic E-state index is 0.0876. The molecular weight excluding hydrogens is 190 g/mol. The smallest absolute Gasteiger partial charge is 0.323 e. The molecule has 0 aliphatic heterocycles. The van der Waals surface area contributed by atoms with Gasteiger partial charge in [-0.15, -0.1) is 0 Å². The van der Waals surface area contributed by atoms with Crippen LogP contribution in [0.2, 0.25) is 0 Å². The molecule has 0 unspecified atom stereocenters. The van der Waals surface area contributed by atoms with E-state index in [0.29, 0.717) is 0 Å². The van der Waals surface area contributed by atoms with Gasteiger partial charge in [-0.25, -0.2) is 0 Å². The number of nitrogens with one attached hydrogen (secondary N) is 1. The van der Waals surface area contributed by atoms with Crippen LogP contribution in [0.15, 0.2) is 0 Å². The summed E-state index contributed by atoms with van der Waals surface area (Å²) < 4.78 is 5.45. The van der Waals surface area contributed by atoms with Crippen molar-refractivity contribution in [3.8, 4) is 0 Å². The fraction of sp³-hybridized carbons (Fsp3) is 0.917. The molecule has 0 aromatic heterocycles. The van der Waals surface area contributed by atoms with Gasteiger partial charge in [-0.2, -0.15) is 0 Å². The van der Waals surface area contributed by atoms with Crippen molar-refractivity contribution >= 4 is 5.97 Å². The molecule has 0 saturated heterocycles. The molecule has 1 aliphatic rings. The Morgan fingerprint density at radius 3 is 2.67 bits per heavy atom. The molecule has 3 heteroatoms. The van der Waals surface area contributed by atoms with E-state index < -0.39 is 0 Å². The quantitative estimate of drug-likeness (QED) is 0.712. The van der Waals surface area contributed by atoms with Crippen molar-refractivity contribution in [3.05, 3.63) is 0 Å². The predicted octanol–water partition coefficient (Wildman–Crippen LogP) is 2.25. The molecule has 1 aliphatic carbocycles. The fourth-order valence-electron chi connectivity index (χ4n) is 1.89. The number of hydrogen-bond acceptors (Lipinski definition) is 3. The van der Waals surface area contributed by atoms with Crippen LogP contribution in [-0.2, 0) is 9.53 Å².